The van der Waals surface area contributed by atoms with Crippen LogP contribution < -0.4 is 16.2 Å². The Bertz CT molecular complexity index is 1120. The fourth-order valence-corrected chi connectivity index (χ4v) is 4.11. The summed E-state index contributed by atoms with van der Waals surface area (Å²) in [5, 5.41) is 0. The van der Waals surface area contributed by atoms with E-state index in [-0.39, 0.29) is 11.4 Å². The smallest absolute Gasteiger partial charge is 0.252 e. The standard InChI is InChI=1S/C22H24FN5O/c23-18-10-16(24)3-4-21(18)28-7-5-27(6-8-28)13-14-9-20-19(25-12-14)11-17(15-1-2-15)22(29)26-20/h3-4,9-12,15H,1-2,5-8,13,24H2,(H,26,29). The zero-order valence-electron chi connectivity index (χ0n) is 16.2. The summed E-state index contributed by atoms with van der Waals surface area (Å²) in [4.78, 5) is 24.3. The molecule has 2 aromatic heterocycles. The van der Waals surface area contributed by atoms with E-state index in [1.807, 2.05) is 18.3 Å². The summed E-state index contributed by atoms with van der Waals surface area (Å²) >= 11 is 0. The fourth-order valence-electron chi connectivity index (χ4n) is 4.11. The molecular weight excluding hydrogens is 369 g/mol. The van der Waals surface area contributed by atoms with Gasteiger partial charge in [0.2, 0.25) is 0 Å². The number of hydrogen-bond acceptors (Lipinski definition) is 5. The number of fused-ring (bicyclic) bond motifs is 1. The molecule has 2 aliphatic rings. The van der Waals surface area contributed by atoms with Gasteiger partial charge in [-0.25, -0.2) is 4.39 Å². The molecule has 1 aromatic carbocycles. The number of piperazine rings is 1. The van der Waals surface area contributed by atoms with Gasteiger partial charge in [-0.2, -0.15) is 0 Å². The second kappa shape index (κ2) is 7.15. The molecule has 0 atom stereocenters. The number of hydrogen-bond donors (Lipinski definition) is 2. The van der Waals surface area contributed by atoms with Crippen LogP contribution in [-0.2, 0) is 6.54 Å². The molecule has 3 heterocycles. The SMILES string of the molecule is Nc1ccc(N2CCN(Cc3cnc4cc(C5CC5)c(=O)[nH]c4c3)CC2)c(F)c1. The largest absolute Gasteiger partial charge is 0.399 e. The van der Waals surface area contributed by atoms with E-state index in [1.54, 1.807) is 12.1 Å². The fraction of sp³-hybridized carbons (Fsp3) is 0.364. The van der Waals surface area contributed by atoms with E-state index in [0.29, 0.717) is 17.3 Å². The molecular formula is C22H24FN5O. The number of rotatable bonds is 4. The van der Waals surface area contributed by atoms with Gasteiger partial charge in [0.1, 0.15) is 5.82 Å². The minimum Gasteiger partial charge on any atom is -0.399 e. The number of pyridine rings is 2. The number of nitrogen functional groups attached to an aromatic ring is 1. The second-order valence-corrected chi connectivity index (χ2v) is 8.08. The van der Waals surface area contributed by atoms with Gasteiger partial charge in [-0.05, 0) is 54.7 Å². The van der Waals surface area contributed by atoms with Gasteiger partial charge in [0, 0.05) is 50.2 Å². The molecule has 0 spiro atoms. The highest BCUT2D eigenvalue weighted by molar-refractivity contribution is 5.75. The number of nitrogens with one attached hydrogen (secondary N) is 1. The highest BCUT2D eigenvalue weighted by Gasteiger charge is 2.26. The van der Waals surface area contributed by atoms with E-state index in [0.717, 1.165) is 67.7 Å². The number of anilines is 2. The lowest BCUT2D eigenvalue weighted by molar-refractivity contribution is 0.249. The molecule has 1 saturated carbocycles. The Hall–Kier alpha value is -2.93. The summed E-state index contributed by atoms with van der Waals surface area (Å²) in [6.45, 7) is 3.93. The number of nitrogens with zero attached hydrogens (tertiary/aromatic N) is 3. The highest BCUT2D eigenvalue weighted by atomic mass is 19.1. The van der Waals surface area contributed by atoms with Crippen LogP contribution in [0.3, 0.4) is 0 Å². The lowest BCUT2D eigenvalue weighted by atomic mass is 10.1. The van der Waals surface area contributed by atoms with Gasteiger partial charge in [-0.1, -0.05) is 0 Å². The summed E-state index contributed by atoms with van der Waals surface area (Å²) in [5.41, 5.74) is 10.3. The first kappa shape index (κ1) is 18.1. The van der Waals surface area contributed by atoms with Crippen molar-refractivity contribution >= 4 is 22.4 Å². The van der Waals surface area contributed by atoms with Crippen LogP contribution >= 0.6 is 0 Å². The van der Waals surface area contributed by atoms with E-state index in [9.17, 15) is 9.18 Å². The molecule has 3 aromatic rings. The molecule has 6 nitrogen and oxygen atoms in total. The Kier molecular flexibility index (Phi) is 4.47. The third-order valence-electron chi connectivity index (χ3n) is 5.89. The Morgan fingerprint density at radius 3 is 2.66 bits per heavy atom. The number of aromatic amines is 1. The van der Waals surface area contributed by atoms with E-state index in [1.165, 1.54) is 6.07 Å². The minimum absolute atomic E-state index is 0.0121. The zero-order valence-corrected chi connectivity index (χ0v) is 16.2. The van der Waals surface area contributed by atoms with Crippen LogP contribution in [0.25, 0.3) is 11.0 Å². The van der Waals surface area contributed by atoms with E-state index in [2.05, 4.69) is 19.8 Å². The van der Waals surface area contributed by atoms with Crippen molar-refractivity contribution in [2.45, 2.75) is 25.3 Å². The van der Waals surface area contributed by atoms with Crippen LogP contribution in [0.4, 0.5) is 15.8 Å². The topological polar surface area (TPSA) is 78.2 Å². The lowest BCUT2D eigenvalue weighted by Crippen LogP contribution is -2.46. The summed E-state index contributed by atoms with van der Waals surface area (Å²) in [6, 6.07) is 8.82. The first-order chi connectivity index (χ1) is 14.1. The molecule has 0 bridgehead atoms. The molecule has 0 radical (unpaired) electrons. The van der Waals surface area contributed by atoms with E-state index in [4.69, 9.17) is 5.73 Å². The maximum Gasteiger partial charge on any atom is 0.252 e. The molecule has 29 heavy (non-hydrogen) atoms. The third-order valence-corrected chi connectivity index (χ3v) is 5.89. The predicted molar refractivity (Wildman–Crippen MR) is 113 cm³/mol. The Morgan fingerprint density at radius 1 is 1.14 bits per heavy atom. The van der Waals surface area contributed by atoms with Crippen LogP contribution in [0, 0.1) is 5.82 Å². The first-order valence-corrected chi connectivity index (χ1v) is 10.1. The van der Waals surface area contributed by atoms with Gasteiger partial charge in [-0.15, -0.1) is 0 Å². The van der Waals surface area contributed by atoms with Crippen LogP contribution in [0.2, 0.25) is 0 Å². The summed E-state index contributed by atoms with van der Waals surface area (Å²) in [6.07, 6.45) is 4.08. The molecule has 0 amide bonds. The summed E-state index contributed by atoms with van der Waals surface area (Å²) in [5.74, 6) is 0.138. The molecule has 7 heteroatoms. The van der Waals surface area contributed by atoms with Gasteiger partial charge in [0.05, 0.1) is 16.7 Å². The van der Waals surface area contributed by atoms with E-state index < -0.39 is 0 Å². The van der Waals surface area contributed by atoms with Crippen molar-refractivity contribution in [2.75, 3.05) is 36.8 Å². The maximum atomic E-state index is 14.2. The monoisotopic (exact) mass is 393 g/mol. The number of benzene rings is 1. The van der Waals surface area contributed by atoms with Crippen molar-refractivity contribution in [3.63, 3.8) is 0 Å². The highest BCUT2D eigenvalue weighted by Crippen LogP contribution is 2.38. The number of H-pyrrole nitrogens is 1. The van der Waals surface area contributed by atoms with Crippen LogP contribution in [0.1, 0.15) is 29.9 Å². The van der Waals surface area contributed by atoms with Crippen LogP contribution in [0.5, 0.6) is 0 Å². The molecule has 1 saturated heterocycles. The molecule has 0 unspecified atom stereocenters. The maximum absolute atomic E-state index is 14.2. The minimum atomic E-state index is -0.272. The lowest BCUT2D eigenvalue weighted by Gasteiger charge is -2.36. The summed E-state index contributed by atoms with van der Waals surface area (Å²) in [7, 11) is 0. The van der Waals surface area contributed by atoms with Gasteiger partial charge in [0.25, 0.3) is 5.56 Å². The second-order valence-electron chi connectivity index (χ2n) is 8.08. The molecule has 2 fully saturated rings. The number of aromatic nitrogens is 2. The Labute approximate surface area is 168 Å². The van der Waals surface area contributed by atoms with Crippen molar-refractivity contribution in [3.8, 4) is 0 Å². The normalized spacial score (nSPS) is 17.8. The van der Waals surface area contributed by atoms with Gasteiger partial charge < -0.3 is 15.6 Å². The number of halogens is 1. The van der Waals surface area contributed by atoms with E-state index >= 15 is 0 Å². The zero-order chi connectivity index (χ0) is 20.0. The molecule has 1 aliphatic heterocycles. The van der Waals surface area contributed by atoms with Crippen molar-refractivity contribution in [1.82, 2.24) is 14.9 Å². The van der Waals surface area contributed by atoms with Gasteiger partial charge in [-0.3, -0.25) is 14.7 Å². The third kappa shape index (κ3) is 3.70. The van der Waals surface area contributed by atoms with Crippen molar-refractivity contribution in [3.05, 3.63) is 63.8 Å². The average Bonchev–Trinajstić information content (AvgIpc) is 3.53. The van der Waals surface area contributed by atoms with Crippen LogP contribution in [-0.4, -0.2) is 41.0 Å². The van der Waals surface area contributed by atoms with Gasteiger partial charge >= 0.3 is 0 Å². The molecule has 150 valence electrons. The van der Waals surface area contributed by atoms with Crippen molar-refractivity contribution < 1.29 is 4.39 Å². The first-order valence-electron chi connectivity index (χ1n) is 10.1. The quantitative estimate of drug-likeness (QED) is 0.667. The molecule has 5 rings (SSSR count). The molecule has 1 aliphatic carbocycles. The summed E-state index contributed by atoms with van der Waals surface area (Å²) < 4.78 is 14.2. The Morgan fingerprint density at radius 2 is 1.93 bits per heavy atom. The van der Waals surface area contributed by atoms with Crippen molar-refractivity contribution in [1.29, 1.82) is 0 Å². The Balaban J connectivity index is 1.27. The number of nitrogens with two attached hydrogens (primary N) is 1. The van der Waals surface area contributed by atoms with Crippen molar-refractivity contribution in [2.24, 2.45) is 0 Å². The van der Waals surface area contributed by atoms with Crippen LogP contribution in [0.15, 0.2) is 41.3 Å². The predicted octanol–water partition coefficient (Wildman–Crippen LogP) is 2.84. The average molecular weight is 393 g/mol. The molecule has 3 N–H and O–H groups in total. The van der Waals surface area contributed by atoms with Gasteiger partial charge in [0.15, 0.2) is 0 Å².